The van der Waals surface area contributed by atoms with Gasteiger partial charge in [0.1, 0.15) is 5.60 Å². The minimum absolute atomic E-state index is 0.0486. The quantitative estimate of drug-likeness (QED) is 0.798. The average molecular weight is 289 g/mol. The Morgan fingerprint density at radius 3 is 2.52 bits per heavy atom. The molecule has 0 bridgehead atoms. The molecular formula is C17H23NO3. The van der Waals surface area contributed by atoms with Gasteiger partial charge in [-0.3, -0.25) is 4.79 Å². The first kappa shape index (κ1) is 15.5. The molecule has 1 saturated heterocycles. The van der Waals surface area contributed by atoms with Crippen LogP contribution in [0.5, 0.6) is 0 Å². The monoisotopic (exact) mass is 289 g/mol. The van der Waals surface area contributed by atoms with E-state index in [1.807, 2.05) is 51.1 Å². The number of hydrogen-bond acceptors (Lipinski definition) is 3. The van der Waals surface area contributed by atoms with Gasteiger partial charge in [-0.25, -0.2) is 4.79 Å². The first-order chi connectivity index (χ1) is 9.87. The van der Waals surface area contributed by atoms with E-state index in [4.69, 9.17) is 4.74 Å². The number of Topliss-reactive ketones (excluding diaryl/α,β-unsaturated/α-hetero) is 1. The van der Waals surface area contributed by atoms with Gasteiger partial charge in [-0.2, -0.15) is 0 Å². The molecule has 0 aromatic heterocycles. The van der Waals surface area contributed by atoms with Crippen LogP contribution in [0.25, 0.3) is 0 Å². The number of hydrogen-bond donors (Lipinski definition) is 0. The summed E-state index contributed by atoms with van der Waals surface area (Å²) in [5.74, 6) is 0.0797. The van der Waals surface area contributed by atoms with E-state index in [2.05, 4.69) is 0 Å². The largest absolute Gasteiger partial charge is 0.444 e. The zero-order valence-electron chi connectivity index (χ0n) is 13.0. The molecular weight excluding hydrogens is 266 g/mol. The molecule has 21 heavy (non-hydrogen) atoms. The average Bonchev–Trinajstić information content (AvgIpc) is 2.86. The predicted octanol–water partition coefficient (Wildman–Crippen LogP) is 3.66. The SMILES string of the molecule is CC(C)(C)OC(=O)N1CCC[C@H]1CC(=O)c1ccccc1. The molecule has 4 heteroatoms. The van der Waals surface area contributed by atoms with Crippen molar-refractivity contribution in [2.24, 2.45) is 0 Å². The highest BCUT2D eigenvalue weighted by molar-refractivity contribution is 5.96. The number of benzene rings is 1. The Morgan fingerprint density at radius 2 is 1.90 bits per heavy atom. The maximum Gasteiger partial charge on any atom is 0.410 e. The van der Waals surface area contributed by atoms with Gasteiger partial charge in [0.25, 0.3) is 0 Å². The van der Waals surface area contributed by atoms with E-state index in [1.54, 1.807) is 4.90 Å². The second-order valence-corrected chi connectivity index (χ2v) is 6.46. The summed E-state index contributed by atoms with van der Waals surface area (Å²) in [6.45, 7) is 6.23. The van der Waals surface area contributed by atoms with Crippen molar-refractivity contribution in [2.45, 2.75) is 51.7 Å². The summed E-state index contributed by atoms with van der Waals surface area (Å²) in [6, 6.07) is 9.18. The number of rotatable bonds is 3. The number of ketones is 1. The number of nitrogens with zero attached hydrogens (tertiary/aromatic N) is 1. The molecule has 1 aromatic carbocycles. The Kier molecular flexibility index (Phi) is 4.66. The number of carbonyl (C=O) groups excluding carboxylic acids is 2. The van der Waals surface area contributed by atoms with Crippen molar-refractivity contribution in [3.63, 3.8) is 0 Å². The lowest BCUT2D eigenvalue weighted by molar-refractivity contribution is 0.0223. The first-order valence-electron chi connectivity index (χ1n) is 7.45. The van der Waals surface area contributed by atoms with Gasteiger partial charge in [0.05, 0.1) is 0 Å². The highest BCUT2D eigenvalue weighted by atomic mass is 16.6. The lowest BCUT2D eigenvalue weighted by atomic mass is 10.0. The van der Waals surface area contributed by atoms with Crippen LogP contribution in [0.1, 0.15) is 50.4 Å². The fraction of sp³-hybridized carbons (Fsp3) is 0.529. The molecule has 4 nitrogen and oxygen atoms in total. The number of ether oxygens (including phenoxy) is 1. The van der Waals surface area contributed by atoms with Gasteiger partial charge >= 0.3 is 6.09 Å². The van der Waals surface area contributed by atoms with E-state index in [0.29, 0.717) is 18.5 Å². The summed E-state index contributed by atoms with van der Waals surface area (Å²) in [7, 11) is 0. The molecule has 1 atom stereocenters. The second kappa shape index (κ2) is 6.29. The van der Waals surface area contributed by atoms with Crippen LogP contribution in [-0.2, 0) is 4.74 Å². The molecule has 1 fully saturated rings. The van der Waals surface area contributed by atoms with Gasteiger partial charge in [-0.1, -0.05) is 30.3 Å². The van der Waals surface area contributed by atoms with Crippen molar-refractivity contribution >= 4 is 11.9 Å². The third-order valence-corrected chi connectivity index (χ3v) is 3.52. The van der Waals surface area contributed by atoms with Crippen LogP contribution in [0, 0.1) is 0 Å². The molecule has 0 saturated carbocycles. The van der Waals surface area contributed by atoms with Crippen molar-refractivity contribution in [1.82, 2.24) is 4.90 Å². The number of carbonyl (C=O) groups is 2. The van der Waals surface area contributed by atoms with E-state index in [9.17, 15) is 9.59 Å². The predicted molar refractivity (Wildman–Crippen MR) is 81.4 cm³/mol. The minimum Gasteiger partial charge on any atom is -0.444 e. The molecule has 0 aliphatic carbocycles. The zero-order valence-corrected chi connectivity index (χ0v) is 13.0. The van der Waals surface area contributed by atoms with E-state index in [0.717, 1.165) is 12.8 Å². The van der Waals surface area contributed by atoms with Crippen LogP contribution < -0.4 is 0 Å². The summed E-state index contributed by atoms with van der Waals surface area (Å²) >= 11 is 0. The highest BCUT2D eigenvalue weighted by Gasteiger charge is 2.33. The Hall–Kier alpha value is -1.84. The van der Waals surface area contributed by atoms with Crippen molar-refractivity contribution in [3.8, 4) is 0 Å². The Balaban J connectivity index is 1.99. The van der Waals surface area contributed by atoms with Crippen LogP contribution in [0.3, 0.4) is 0 Å². The maximum absolute atomic E-state index is 12.3. The third kappa shape index (κ3) is 4.31. The summed E-state index contributed by atoms with van der Waals surface area (Å²) in [6.07, 6.45) is 1.83. The zero-order chi connectivity index (χ0) is 15.5. The lowest BCUT2D eigenvalue weighted by Gasteiger charge is -2.28. The number of amides is 1. The topological polar surface area (TPSA) is 46.6 Å². The Morgan fingerprint density at radius 1 is 1.24 bits per heavy atom. The molecule has 1 aromatic rings. The van der Waals surface area contributed by atoms with Gasteiger partial charge in [0.2, 0.25) is 0 Å². The van der Waals surface area contributed by atoms with Gasteiger partial charge in [0.15, 0.2) is 5.78 Å². The van der Waals surface area contributed by atoms with Crippen LogP contribution in [-0.4, -0.2) is 35.0 Å². The summed E-state index contributed by atoms with van der Waals surface area (Å²) in [5, 5.41) is 0. The van der Waals surface area contributed by atoms with Crippen LogP contribution in [0.4, 0.5) is 4.79 Å². The fourth-order valence-corrected chi connectivity index (χ4v) is 2.56. The van der Waals surface area contributed by atoms with Crippen molar-refractivity contribution in [2.75, 3.05) is 6.54 Å². The molecule has 0 radical (unpaired) electrons. The van der Waals surface area contributed by atoms with Gasteiger partial charge in [-0.15, -0.1) is 0 Å². The second-order valence-electron chi connectivity index (χ2n) is 6.46. The standard InChI is InChI=1S/C17H23NO3/c1-17(2,3)21-16(20)18-11-7-10-14(18)12-15(19)13-8-5-4-6-9-13/h4-6,8-9,14H,7,10-12H2,1-3H3/t14-/m0/s1. The normalized spacial score (nSPS) is 18.6. The van der Waals surface area contributed by atoms with E-state index < -0.39 is 5.60 Å². The highest BCUT2D eigenvalue weighted by Crippen LogP contribution is 2.24. The van der Waals surface area contributed by atoms with E-state index >= 15 is 0 Å². The van der Waals surface area contributed by atoms with Gasteiger partial charge in [0, 0.05) is 24.6 Å². The molecule has 1 amide bonds. The Labute approximate surface area is 126 Å². The molecule has 0 unspecified atom stereocenters. The molecule has 114 valence electrons. The van der Waals surface area contributed by atoms with Crippen LogP contribution in [0.2, 0.25) is 0 Å². The molecule has 0 N–H and O–H groups in total. The summed E-state index contributed by atoms with van der Waals surface area (Å²) in [5.41, 5.74) is 0.196. The molecule has 1 heterocycles. The molecule has 1 aliphatic rings. The van der Waals surface area contributed by atoms with E-state index in [1.165, 1.54) is 0 Å². The summed E-state index contributed by atoms with van der Waals surface area (Å²) < 4.78 is 5.41. The fourth-order valence-electron chi connectivity index (χ4n) is 2.56. The smallest absolute Gasteiger partial charge is 0.410 e. The van der Waals surface area contributed by atoms with Crippen molar-refractivity contribution < 1.29 is 14.3 Å². The first-order valence-corrected chi connectivity index (χ1v) is 7.45. The summed E-state index contributed by atoms with van der Waals surface area (Å²) in [4.78, 5) is 26.2. The lowest BCUT2D eigenvalue weighted by Crippen LogP contribution is -2.40. The van der Waals surface area contributed by atoms with Gasteiger partial charge < -0.3 is 9.64 Å². The van der Waals surface area contributed by atoms with E-state index in [-0.39, 0.29) is 17.9 Å². The minimum atomic E-state index is -0.506. The molecule has 0 spiro atoms. The van der Waals surface area contributed by atoms with Crippen molar-refractivity contribution in [1.29, 1.82) is 0 Å². The van der Waals surface area contributed by atoms with Crippen LogP contribution in [0.15, 0.2) is 30.3 Å². The van der Waals surface area contributed by atoms with Crippen LogP contribution >= 0.6 is 0 Å². The van der Waals surface area contributed by atoms with Crippen molar-refractivity contribution in [3.05, 3.63) is 35.9 Å². The molecule has 1 aliphatic heterocycles. The van der Waals surface area contributed by atoms with Gasteiger partial charge in [-0.05, 0) is 33.6 Å². The number of likely N-dealkylation sites (tertiary alicyclic amines) is 1. The molecule has 2 rings (SSSR count). The Bertz CT molecular complexity index is 505. The third-order valence-electron chi connectivity index (χ3n) is 3.52. The maximum atomic E-state index is 12.3.